The number of aromatic nitrogens is 3. The van der Waals surface area contributed by atoms with E-state index in [-0.39, 0.29) is 12.1 Å². The molecule has 2 aromatic rings. The molecule has 0 spiro atoms. The van der Waals surface area contributed by atoms with Gasteiger partial charge in [-0.05, 0) is 32.1 Å². The van der Waals surface area contributed by atoms with Gasteiger partial charge in [0.2, 0.25) is 0 Å². The van der Waals surface area contributed by atoms with Crippen LogP contribution in [-0.4, -0.2) is 32.2 Å². The second-order valence-electron chi connectivity index (χ2n) is 6.84. The predicted molar refractivity (Wildman–Crippen MR) is 96.3 cm³/mol. The van der Waals surface area contributed by atoms with Gasteiger partial charge in [-0.3, -0.25) is 10.00 Å². The summed E-state index contributed by atoms with van der Waals surface area (Å²) < 4.78 is 1.79. The van der Waals surface area contributed by atoms with Gasteiger partial charge in [0.25, 0.3) is 0 Å². The first-order valence-electron chi connectivity index (χ1n) is 8.46. The van der Waals surface area contributed by atoms with Crippen LogP contribution in [0, 0.1) is 12.8 Å². The smallest absolute Gasteiger partial charge is 0.317 e. The van der Waals surface area contributed by atoms with Gasteiger partial charge in [0.05, 0.1) is 22.9 Å². The average Bonchev–Trinajstić information content (AvgIpc) is 3.19. The highest BCUT2D eigenvalue weighted by molar-refractivity contribution is 7.16. The van der Waals surface area contributed by atoms with E-state index in [1.54, 1.807) is 16.0 Å². The molecule has 130 valence electrons. The van der Waals surface area contributed by atoms with Crippen molar-refractivity contribution in [2.45, 2.75) is 46.1 Å². The maximum atomic E-state index is 12.8. The Morgan fingerprint density at radius 1 is 1.50 bits per heavy atom. The van der Waals surface area contributed by atoms with Gasteiger partial charge in [0.1, 0.15) is 5.00 Å². The Kier molecular flexibility index (Phi) is 4.89. The van der Waals surface area contributed by atoms with E-state index >= 15 is 0 Å². The third-order valence-corrected chi connectivity index (χ3v) is 5.18. The summed E-state index contributed by atoms with van der Waals surface area (Å²) in [6.07, 6.45) is 6.74. The molecule has 1 fully saturated rings. The minimum Gasteiger partial charge on any atom is -0.317 e. The summed E-state index contributed by atoms with van der Waals surface area (Å²) in [4.78, 5) is 19.3. The van der Waals surface area contributed by atoms with Crippen molar-refractivity contribution in [1.29, 1.82) is 0 Å². The molecule has 3 rings (SSSR count). The lowest BCUT2D eigenvalue weighted by Crippen LogP contribution is -2.34. The lowest BCUT2D eigenvalue weighted by molar-refractivity contribution is 0.207. The number of likely N-dealkylation sites (tertiary alicyclic amines) is 1. The summed E-state index contributed by atoms with van der Waals surface area (Å²) in [6.45, 7) is 7.10. The van der Waals surface area contributed by atoms with Crippen LogP contribution in [0.4, 0.5) is 9.80 Å². The minimum absolute atomic E-state index is 0.0324. The van der Waals surface area contributed by atoms with Gasteiger partial charge in [0.15, 0.2) is 0 Å². The predicted octanol–water partition coefficient (Wildman–Crippen LogP) is 3.75. The Bertz CT molecular complexity index is 720. The summed E-state index contributed by atoms with van der Waals surface area (Å²) >= 11 is 1.56. The van der Waals surface area contributed by atoms with Gasteiger partial charge in [-0.15, -0.1) is 11.3 Å². The number of thiazole rings is 1. The largest absolute Gasteiger partial charge is 0.323 e. The molecule has 24 heavy (non-hydrogen) atoms. The van der Waals surface area contributed by atoms with Gasteiger partial charge in [0, 0.05) is 25.4 Å². The van der Waals surface area contributed by atoms with Crippen LogP contribution in [0.15, 0.2) is 12.4 Å². The molecule has 2 aromatic heterocycles. The standard InChI is InChI=1S/C17H25N5OS/c1-11(2)8-14-16(24-12(3)19-14)20-17(23)22-7-5-6-15(22)13-9-18-21(4)10-13/h9-11,15H,5-8H2,1-4H3,(H,20,23)/t15-/m1/s1. The first kappa shape index (κ1) is 17.0. The van der Waals surface area contributed by atoms with Crippen molar-refractivity contribution in [3.8, 4) is 0 Å². The number of rotatable bonds is 4. The highest BCUT2D eigenvalue weighted by Gasteiger charge is 2.31. The van der Waals surface area contributed by atoms with E-state index < -0.39 is 0 Å². The van der Waals surface area contributed by atoms with E-state index in [0.717, 1.165) is 47.1 Å². The van der Waals surface area contributed by atoms with E-state index in [0.29, 0.717) is 5.92 Å². The number of aryl methyl sites for hydroxylation is 2. The summed E-state index contributed by atoms with van der Waals surface area (Å²) in [5.74, 6) is 0.511. The third-order valence-electron chi connectivity index (χ3n) is 4.25. The number of carbonyl (C=O) groups is 1. The second-order valence-corrected chi connectivity index (χ2v) is 8.04. The molecule has 1 N–H and O–H groups in total. The average molecular weight is 347 g/mol. The van der Waals surface area contributed by atoms with Crippen molar-refractivity contribution >= 4 is 22.4 Å². The molecular formula is C17H25N5OS. The lowest BCUT2D eigenvalue weighted by Gasteiger charge is -2.24. The van der Waals surface area contributed by atoms with Crippen LogP contribution in [-0.2, 0) is 13.5 Å². The molecule has 0 saturated carbocycles. The summed E-state index contributed by atoms with van der Waals surface area (Å²) in [5.41, 5.74) is 2.10. The Labute approximate surface area is 146 Å². The van der Waals surface area contributed by atoms with E-state index in [2.05, 4.69) is 29.2 Å². The third kappa shape index (κ3) is 3.61. The van der Waals surface area contributed by atoms with Gasteiger partial charge in [-0.1, -0.05) is 13.8 Å². The number of nitrogens with zero attached hydrogens (tertiary/aromatic N) is 4. The highest BCUT2D eigenvalue weighted by Crippen LogP contribution is 2.33. The Morgan fingerprint density at radius 2 is 2.29 bits per heavy atom. The topological polar surface area (TPSA) is 63.1 Å². The molecule has 0 unspecified atom stereocenters. The van der Waals surface area contributed by atoms with Crippen LogP contribution in [0.1, 0.15) is 49.0 Å². The SMILES string of the molecule is Cc1nc(CC(C)C)c(NC(=O)N2CCC[C@@H]2c2cnn(C)c2)s1. The molecule has 3 heterocycles. The van der Waals surface area contributed by atoms with Crippen LogP contribution in [0.2, 0.25) is 0 Å². The summed E-state index contributed by atoms with van der Waals surface area (Å²) in [7, 11) is 1.90. The molecule has 1 aliphatic heterocycles. The Hall–Kier alpha value is -1.89. The molecule has 0 bridgehead atoms. The van der Waals surface area contributed by atoms with E-state index in [9.17, 15) is 4.79 Å². The van der Waals surface area contributed by atoms with E-state index in [4.69, 9.17) is 0 Å². The Morgan fingerprint density at radius 3 is 2.96 bits per heavy atom. The normalized spacial score (nSPS) is 17.7. The van der Waals surface area contributed by atoms with Gasteiger partial charge in [-0.2, -0.15) is 5.10 Å². The van der Waals surface area contributed by atoms with Crippen LogP contribution < -0.4 is 5.32 Å². The number of amides is 2. The van der Waals surface area contributed by atoms with E-state index in [1.807, 2.05) is 31.3 Å². The zero-order chi connectivity index (χ0) is 17.3. The number of anilines is 1. The number of hydrogen-bond acceptors (Lipinski definition) is 4. The van der Waals surface area contributed by atoms with Crippen LogP contribution >= 0.6 is 11.3 Å². The van der Waals surface area contributed by atoms with Crippen LogP contribution in [0.5, 0.6) is 0 Å². The molecule has 0 radical (unpaired) electrons. The zero-order valence-corrected chi connectivity index (χ0v) is 15.6. The molecule has 1 aliphatic rings. The number of carbonyl (C=O) groups excluding carboxylic acids is 1. The van der Waals surface area contributed by atoms with E-state index in [1.165, 1.54) is 0 Å². The zero-order valence-electron chi connectivity index (χ0n) is 14.7. The van der Waals surface area contributed by atoms with Crippen molar-refractivity contribution in [3.05, 3.63) is 28.7 Å². The van der Waals surface area contributed by atoms with Crippen LogP contribution in [0.25, 0.3) is 0 Å². The number of urea groups is 1. The Balaban J connectivity index is 1.75. The molecule has 0 aliphatic carbocycles. The minimum atomic E-state index is -0.0324. The quantitative estimate of drug-likeness (QED) is 0.916. The second kappa shape index (κ2) is 6.93. The maximum Gasteiger partial charge on any atom is 0.323 e. The van der Waals surface area contributed by atoms with Crippen molar-refractivity contribution in [3.63, 3.8) is 0 Å². The molecular weight excluding hydrogens is 322 g/mol. The maximum absolute atomic E-state index is 12.8. The first-order chi connectivity index (χ1) is 11.4. The molecule has 1 atom stereocenters. The molecule has 7 heteroatoms. The molecule has 2 amide bonds. The summed E-state index contributed by atoms with van der Waals surface area (Å²) in [6, 6.07) is 0.0799. The highest BCUT2D eigenvalue weighted by atomic mass is 32.1. The van der Waals surface area contributed by atoms with Gasteiger partial charge >= 0.3 is 6.03 Å². The molecule has 1 saturated heterocycles. The van der Waals surface area contributed by atoms with Crippen molar-refractivity contribution in [2.75, 3.05) is 11.9 Å². The lowest BCUT2D eigenvalue weighted by atomic mass is 10.1. The first-order valence-corrected chi connectivity index (χ1v) is 9.28. The molecule has 0 aromatic carbocycles. The van der Waals surface area contributed by atoms with Crippen molar-refractivity contribution in [1.82, 2.24) is 19.7 Å². The fraction of sp³-hybridized carbons (Fsp3) is 0.588. The molecule has 6 nitrogen and oxygen atoms in total. The monoisotopic (exact) mass is 347 g/mol. The van der Waals surface area contributed by atoms with Crippen molar-refractivity contribution < 1.29 is 4.79 Å². The fourth-order valence-corrected chi connectivity index (χ4v) is 4.07. The van der Waals surface area contributed by atoms with Gasteiger partial charge in [-0.25, -0.2) is 9.78 Å². The van der Waals surface area contributed by atoms with Gasteiger partial charge < -0.3 is 4.90 Å². The fourth-order valence-electron chi connectivity index (χ4n) is 3.23. The van der Waals surface area contributed by atoms with Crippen molar-refractivity contribution in [2.24, 2.45) is 13.0 Å². The number of hydrogen-bond donors (Lipinski definition) is 1. The number of nitrogens with one attached hydrogen (secondary N) is 1. The van der Waals surface area contributed by atoms with Crippen LogP contribution in [0.3, 0.4) is 0 Å². The summed E-state index contributed by atoms with van der Waals surface area (Å²) in [5, 5.41) is 9.22.